The van der Waals surface area contributed by atoms with Crippen molar-refractivity contribution in [3.63, 3.8) is 0 Å². The minimum absolute atomic E-state index is 0.537. The Bertz CT molecular complexity index is 323. The van der Waals surface area contributed by atoms with E-state index in [1.807, 2.05) is 4.57 Å². The van der Waals surface area contributed by atoms with Crippen molar-refractivity contribution in [2.75, 3.05) is 0 Å². The van der Waals surface area contributed by atoms with Crippen molar-refractivity contribution in [1.29, 1.82) is 0 Å². The summed E-state index contributed by atoms with van der Waals surface area (Å²) < 4.78 is 2.04. The topological polar surface area (TPSA) is 30.7 Å². The van der Waals surface area contributed by atoms with Crippen LogP contribution in [0.15, 0.2) is 0 Å². The summed E-state index contributed by atoms with van der Waals surface area (Å²) in [6.45, 7) is 5.31. The number of hydrogen-bond acceptors (Lipinski definition) is 2. The van der Waals surface area contributed by atoms with Gasteiger partial charge in [0.2, 0.25) is 5.28 Å². The van der Waals surface area contributed by atoms with E-state index in [-0.39, 0.29) is 0 Å². The number of aryl methyl sites for hydroxylation is 1. The van der Waals surface area contributed by atoms with E-state index in [1.54, 1.807) is 0 Å². The van der Waals surface area contributed by atoms with Crippen LogP contribution in [0.1, 0.15) is 71.0 Å². The molecule has 0 amide bonds. The summed E-state index contributed by atoms with van der Waals surface area (Å²) in [4.78, 5) is 0. The molecule has 18 heavy (non-hydrogen) atoms. The van der Waals surface area contributed by atoms with Crippen LogP contribution in [0.5, 0.6) is 0 Å². The first-order chi connectivity index (χ1) is 8.79. The van der Waals surface area contributed by atoms with Crippen molar-refractivity contribution in [2.45, 2.75) is 78.2 Å². The van der Waals surface area contributed by atoms with E-state index in [0.29, 0.717) is 5.28 Å². The highest BCUT2D eigenvalue weighted by Crippen LogP contribution is 2.13. The maximum absolute atomic E-state index is 6.01. The lowest BCUT2D eigenvalue weighted by atomic mass is 10.1. The SMILES string of the molecule is CCCCCCCCCCn1c(Cl)nnc1CC. The number of halogens is 1. The summed E-state index contributed by atoms with van der Waals surface area (Å²) in [5.74, 6) is 1.00. The van der Waals surface area contributed by atoms with Gasteiger partial charge in [-0.05, 0) is 18.0 Å². The molecule has 0 spiro atoms. The van der Waals surface area contributed by atoms with Crippen LogP contribution in [0.2, 0.25) is 5.28 Å². The van der Waals surface area contributed by atoms with Crippen LogP contribution in [0, 0.1) is 0 Å². The molecule has 0 saturated heterocycles. The van der Waals surface area contributed by atoms with Gasteiger partial charge < -0.3 is 4.57 Å². The molecule has 0 saturated carbocycles. The van der Waals surface area contributed by atoms with Crippen molar-refractivity contribution in [3.05, 3.63) is 11.1 Å². The molecule has 1 aromatic rings. The van der Waals surface area contributed by atoms with Crippen LogP contribution in [0.3, 0.4) is 0 Å². The Morgan fingerprint density at radius 3 is 2.11 bits per heavy atom. The van der Waals surface area contributed by atoms with Gasteiger partial charge in [-0.3, -0.25) is 0 Å². The molecule has 0 aliphatic heterocycles. The van der Waals surface area contributed by atoms with Crippen LogP contribution in [-0.2, 0) is 13.0 Å². The van der Waals surface area contributed by atoms with E-state index in [2.05, 4.69) is 24.0 Å². The molecule has 0 aliphatic rings. The van der Waals surface area contributed by atoms with Crippen molar-refractivity contribution in [3.8, 4) is 0 Å². The minimum atomic E-state index is 0.537. The van der Waals surface area contributed by atoms with Gasteiger partial charge in [-0.2, -0.15) is 0 Å². The summed E-state index contributed by atoms with van der Waals surface area (Å²) in [5.41, 5.74) is 0. The zero-order valence-electron chi connectivity index (χ0n) is 11.8. The Hall–Kier alpha value is -0.570. The molecular formula is C14H26ClN3. The molecule has 104 valence electrons. The molecule has 1 rings (SSSR count). The molecule has 4 heteroatoms. The molecule has 1 heterocycles. The van der Waals surface area contributed by atoms with Gasteiger partial charge in [0.05, 0.1) is 0 Å². The van der Waals surface area contributed by atoms with Crippen molar-refractivity contribution >= 4 is 11.6 Å². The molecule has 0 aliphatic carbocycles. The average Bonchev–Trinajstić information content (AvgIpc) is 2.73. The van der Waals surface area contributed by atoms with E-state index in [4.69, 9.17) is 11.6 Å². The Balaban J connectivity index is 2.08. The summed E-state index contributed by atoms with van der Waals surface area (Å²) in [6.07, 6.45) is 11.6. The van der Waals surface area contributed by atoms with Gasteiger partial charge in [-0.25, -0.2) is 0 Å². The molecule has 0 aromatic carbocycles. The number of unbranched alkanes of at least 4 members (excludes halogenated alkanes) is 7. The molecule has 0 N–H and O–H groups in total. The lowest BCUT2D eigenvalue weighted by molar-refractivity contribution is 0.536. The molecule has 0 unspecified atom stereocenters. The zero-order chi connectivity index (χ0) is 13.2. The third kappa shape index (κ3) is 5.38. The monoisotopic (exact) mass is 271 g/mol. The minimum Gasteiger partial charge on any atom is -0.302 e. The third-order valence-corrected chi connectivity index (χ3v) is 3.61. The van der Waals surface area contributed by atoms with Gasteiger partial charge >= 0.3 is 0 Å². The fraction of sp³-hybridized carbons (Fsp3) is 0.857. The number of nitrogens with zero attached hydrogens (tertiary/aromatic N) is 3. The van der Waals surface area contributed by atoms with E-state index in [0.717, 1.165) is 18.8 Å². The zero-order valence-corrected chi connectivity index (χ0v) is 12.5. The predicted octanol–water partition coefficient (Wildman–Crippen LogP) is 4.63. The molecule has 0 bridgehead atoms. The van der Waals surface area contributed by atoms with E-state index in [9.17, 15) is 0 Å². The van der Waals surface area contributed by atoms with E-state index in [1.165, 1.54) is 51.4 Å². The molecular weight excluding hydrogens is 246 g/mol. The highest BCUT2D eigenvalue weighted by molar-refractivity contribution is 6.28. The third-order valence-electron chi connectivity index (χ3n) is 3.33. The van der Waals surface area contributed by atoms with Crippen molar-refractivity contribution in [1.82, 2.24) is 14.8 Å². The predicted molar refractivity (Wildman–Crippen MR) is 77.0 cm³/mol. The van der Waals surface area contributed by atoms with Crippen molar-refractivity contribution < 1.29 is 0 Å². The summed E-state index contributed by atoms with van der Waals surface area (Å²) in [7, 11) is 0. The fourth-order valence-electron chi connectivity index (χ4n) is 2.20. The molecule has 3 nitrogen and oxygen atoms in total. The van der Waals surface area contributed by atoms with Crippen LogP contribution in [0.25, 0.3) is 0 Å². The number of rotatable bonds is 10. The molecule has 0 atom stereocenters. The van der Waals surface area contributed by atoms with Gasteiger partial charge in [0, 0.05) is 13.0 Å². The van der Waals surface area contributed by atoms with Crippen LogP contribution in [-0.4, -0.2) is 14.8 Å². The Labute approximate surface area is 116 Å². The first kappa shape index (κ1) is 15.5. The lowest BCUT2D eigenvalue weighted by Crippen LogP contribution is -2.03. The van der Waals surface area contributed by atoms with E-state index < -0.39 is 0 Å². The highest BCUT2D eigenvalue weighted by atomic mass is 35.5. The maximum atomic E-state index is 6.01. The Morgan fingerprint density at radius 1 is 0.889 bits per heavy atom. The normalized spacial score (nSPS) is 11.1. The quantitative estimate of drug-likeness (QED) is 0.581. The standard InChI is InChI=1S/C14H26ClN3/c1-3-5-6-7-8-9-10-11-12-18-13(4-2)16-17-14(18)15/h3-12H2,1-2H3. The lowest BCUT2D eigenvalue weighted by Gasteiger charge is -2.06. The second-order valence-corrected chi connectivity index (χ2v) is 5.20. The van der Waals surface area contributed by atoms with Gasteiger partial charge in [-0.15, -0.1) is 10.2 Å². The first-order valence-electron chi connectivity index (χ1n) is 7.37. The summed E-state index contributed by atoms with van der Waals surface area (Å²) >= 11 is 6.01. The maximum Gasteiger partial charge on any atom is 0.225 e. The van der Waals surface area contributed by atoms with Crippen molar-refractivity contribution in [2.24, 2.45) is 0 Å². The van der Waals surface area contributed by atoms with E-state index >= 15 is 0 Å². The van der Waals surface area contributed by atoms with Crippen LogP contribution < -0.4 is 0 Å². The second-order valence-electron chi connectivity index (χ2n) is 4.87. The van der Waals surface area contributed by atoms with Gasteiger partial charge in [0.1, 0.15) is 5.82 Å². The largest absolute Gasteiger partial charge is 0.302 e. The Kier molecular flexibility index (Phi) is 8.06. The van der Waals surface area contributed by atoms with Gasteiger partial charge in [-0.1, -0.05) is 58.8 Å². The summed E-state index contributed by atoms with van der Waals surface area (Å²) in [6, 6.07) is 0. The first-order valence-corrected chi connectivity index (χ1v) is 7.75. The second kappa shape index (κ2) is 9.37. The average molecular weight is 272 g/mol. The molecule has 0 fully saturated rings. The molecule has 1 aromatic heterocycles. The van der Waals surface area contributed by atoms with Crippen LogP contribution >= 0.6 is 11.6 Å². The van der Waals surface area contributed by atoms with Gasteiger partial charge in [0.15, 0.2) is 0 Å². The Morgan fingerprint density at radius 2 is 1.50 bits per heavy atom. The molecule has 0 radical (unpaired) electrons. The summed E-state index contributed by atoms with van der Waals surface area (Å²) in [5, 5.41) is 8.52. The highest BCUT2D eigenvalue weighted by Gasteiger charge is 2.07. The number of hydrogen-bond donors (Lipinski definition) is 0. The van der Waals surface area contributed by atoms with Gasteiger partial charge in [0.25, 0.3) is 0 Å². The van der Waals surface area contributed by atoms with Crippen LogP contribution in [0.4, 0.5) is 0 Å². The smallest absolute Gasteiger partial charge is 0.225 e. The number of aromatic nitrogens is 3. The fourth-order valence-corrected chi connectivity index (χ4v) is 2.42.